The SMILES string of the molecule is CC(C)(C)OC(=O)N[C@@H](CCCn1c([N+](=O)[O-])nc2ccccc21)C(=O)OCc1ccccc1. The summed E-state index contributed by atoms with van der Waals surface area (Å²) < 4.78 is 12.2. The molecule has 0 aliphatic carbocycles. The fraction of sp³-hybridized carbons (Fsp3) is 0.375. The van der Waals surface area contributed by atoms with Gasteiger partial charge >= 0.3 is 18.0 Å². The third-order valence-corrected chi connectivity index (χ3v) is 4.87. The van der Waals surface area contributed by atoms with Crippen LogP contribution in [0.25, 0.3) is 11.0 Å². The average Bonchev–Trinajstić information content (AvgIpc) is 3.15. The smallest absolute Gasteiger partial charge is 0.435 e. The molecule has 0 aliphatic heterocycles. The quantitative estimate of drug-likeness (QED) is 0.281. The standard InChI is InChI=1S/C24H28N4O6/c1-24(2,3)34-23(30)26-19(21(29)33-16-17-10-5-4-6-11-17)13-9-15-27-20-14-8-7-12-18(20)25-22(27)28(31)32/h4-8,10-12,14,19H,9,13,15-16H2,1-3H3,(H,26,30)/t19-/m0/s1. The van der Waals surface area contributed by atoms with Gasteiger partial charge in [-0.05, 0) is 56.2 Å². The van der Waals surface area contributed by atoms with Gasteiger partial charge in [-0.2, -0.15) is 0 Å². The molecule has 1 aromatic heterocycles. The number of benzene rings is 2. The number of imidazole rings is 1. The van der Waals surface area contributed by atoms with Crippen LogP contribution in [-0.2, 0) is 27.4 Å². The maximum Gasteiger partial charge on any atom is 0.435 e. The fourth-order valence-electron chi connectivity index (χ4n) is 3.40. The van der Waals surface area contributed by atoms with Crippen molar-refractivity contribution in [1.82, 2.24) is 14.9 Å². The maximum atomic E-state index is 12.8. The highest BCUT2D eigenvalue weighted by Crippen LogP contribution is 2.22. The van der Waals surface area contributed by atoms with Gasteiger partial charge in [-0.25, -0.2) is 14.2 Å². The predicted molar refractivity (Wildman–Crippen MR) is 125 cm³/mol. The summed E-state index contributed by atoms with van der Waals surface area (Å²) in [7, 11) is 0. The number of nitrogens with one attached hydrogen (secondary N) is 1. The number of carbonyl (C=O) groups is 2. The highest BCUT2D eigenvalue weighted by Gasteiger charge is 2.27. The van der Waals surface area contributed by atoms with Gasteiger partial charge in [0.2, 0.25) is 0 Å². The maximum absolute atomic E-state index is 12.8. The third-order valence-electron chi connectivity index (χ3n) is 4.87. The molecule has 1 amide bonds. The molecular formula is C24H28N4O6. The Morgan fingerprint density at radius 3 is 2.47 bits per heavy atom. The zero-order valence-corrected chi connectivity index (χ0v) is 19.4. The molecule has 0 fully saturated rings. The van der Waals surface area contributed by atoms with Crippen LogP contribution in [0, 0.1) is 10.1 Å². The zero-order valence-electron chi connectivity index (χ0n) is 19.4. The second-order valence-electron chi connectivity index (χ2n) is 8.74. The predicted octanol–water partition coefficient (Wildman–Crippen LogP) is 4.36. The van der Waals surface area contributed by atoms with E-state index in [1.165, 1.54) is 4.57 Å². The molecule has 10 heteroatoms. The lowest BCUT2D eigenvalue weighted by molar-refractivity contribution is -0.396. The second kappa shape index (κ2) is 10.8. The molecule has 3 aromatic rings. The molecule has 180 valence electrons. The number of aryl methyl sites for hydroxylation is 1. The summed E-state index contributed by atoms with van der Waals surface area (Å²) in [5.41, 5.74) is 1.21. The van der Waals surface area contributed by atoms with E-state index < -0.39 is 28.6 Å². The van der Waals surface area contributed by atoms with Crippen molar-refractivity contribution in [1.29, 1.82) is 0 Å². The van der Waals surface area contributed by atoms with Crippen molar-refractivity contribution in [2.45, 2.75) is 58.4 Å². The summed E-state index contributed by atoms with van der Waals surface area (Å²) in [5, 5.41) is 14.0. The number of amides is 1. The van der Waals surface area contributed by atoms with Gasteiger partial charge in [-0.15, -0.1) is 0 Å². The lowest BCUT2D eigenvalue weighted by Crippen LogP contribution is -2.44. The summed E-state index contributed by atoms with van der Waals surface area (Å²) in [6, 6.07) is 15.2. The Morgan fingerprint density at radius 1 is 1.12 bits per heavy atom. The Bertz CT molecular complexity index is 1150. The normalized spacial score (nSPS) is 12.2. The van der Waals surface area contributed by atoms with Crippen LogP contribution in [0.15, 0.2) is 54.6 Å². The van der Waals surface area contributed by atoms with Gasteiger partial charge in [-0.3, -0.25) is 0 Å². The Labute approximate surface area is 197 Å². The molecule has 0 spiro atoms. The number of hydrogen-bond acceptors (Lipinski definition) is 7. The van der Waals surface area contributed by atoms with Crippen molar-refractivity contribution in [3.8, 4) is 0 Å². The van der Waals surface area contributed by atoms with E-state index in [0.29, 0.717) is 17.5 Å². The van der Waals surface area contributed by atoms with E-state index in [1.54, 1.807) is 45.0 Å². The Balaban J connectivity index is 1.70. The summed E-state index contributed by atoms with van der Waals surface area (Å²) in [6.07, 6.45) is -0.202. The van der Waals surface area contributed by atoms with Crippen molar-refractivity contribution in [3.63, 3.8) is 0 Å². The molecule has 1 atom stereocenters. The van der Waals surface area contributed by atoms with Crippen molar-refractivity contribution in [2.75, 3.05) is 0 Å². The van der Waals surface area contributed by atoms with Crippen molar-refractivity contribution in [3.05, 3.63) is 70.3 Å². The first-order valence-corrected chi connectivity index (χ1v) is 10.9. The first-order valence-electron chi connectivity index (χ1n) is 10.9. The number of nitrogens with zero attached hydrogens (tertiary/aromatic N) is 3. The van der Waals surface area contributed by atoms with E-state index in [4.69, 9.17) is 9.47 Å². The second-order valence-corrected chi connectivity index (χ2v) is 8.74. The number of esters is 1. The number of fused-ring (bicyclic) bond motifs is 1. The van der Waals surface area contributed by atoms with Gasteiger partial charge in [0.15, 0.2) is 5.52 Å². The number of aromatic nitrogens is 2. The van der Waals surface area contributed by atoms with Gasteiger partial charge in [0.25, 0.3) is 0 Å². The van der Waals surface area contributed by atoms with Crippen LogP contribution in [0.3, 0.4) is 0 Å². The molecule has 3 rings (SSSR count). The molecule has 0 bridgehead atoms. The van der Waals surface area contributed by atoms with Crippen molar-refractivity contribution < 1.29 is 24.0 Å². The van der Waals surface area contributed by atoms with Crippen LogP contribution in [-0.4, -0.2) is 38.2 Å². The first kappa shape index (κ1) is 24.7. The highest BCUT2D eigenvalue weighted by molar-refractivity contribution is 5.81. The summed E-state index contributed by atoms with van der Waals surface area (Å²) in [6.45, 7) is 5.45. The van der Waals surface area contributed by atoms with E-state index in [9.17, 15) is 19.7 Å². The lowest BCUT2D eigenvalue weighted by Gasteiger charge is -2.23. The van der Waals surface area contributed by atoms with Crippen LogP contribution in [0.2, 0.25) is 0 Å². The Hall–Kier alpha value is -3.95. The van der Waals surface area contributed by atoms with Gasteiger partial charge in [0.05, 0.1) is 6.54 Å². The molecule has 34 heavy (non-hydrogen) atoms. The Morgan fingerprint density at radius 2 is 1.79 bits per heavy atom. The van der Waals surface area contributed by atoms with Gasteiger partial charge in [0.1, 0.15) is 23.8 Å². The largest absolute Gasteiger partial charge is 0.459 e. The van der Waals surface area contributed by atoms with Crippen molar-refractivity contribution >= 4 is 29.0 Å². The molecule has 0 aliphatic rings. The molecule has 1 heterocycles. The van der Waals surface area contributed by atoms with Crippen molar-refractivity contribution in [2.24, 2.45) is 0 Å². The van der Waals surface area contributed by atoms with E-state index >= 15 is 0 Å². The van der Waals surface area contributed by atoms with Crippen LogP contribution >= 0.6 is 0 Å². The number of nitro groups is 1. The number of hydrogen-bond donors (Lipinski definition) is 1. The molecule has 10 nitrogen and oxygen atoms in total. The molecule has 2 aromatic carbocycles. The first-order chi connectivity index (χ1) is 16.1. The molecule has 0 saturated heterocycles. The average molecular weight is 469 g/mol. The summed E-state index contributed by atoms with van der Waals surface area (Å²) >= 11 is 0. The number of alkyl carbamates (subject to hydrolysis) is 1. The number of carbonyl (C=O) groups excluding carboxylic acids is 2. The fourth-order valence-corrected chi connectivity index (χ4v) is 3.40. The minimum absolute atomic E-state index is 0.0593. The van der Waals surface area contributed by atoms with Gasteiger partial charge in [0, 0.05) is 0 Å². The van der Waals surface area contributed by atoms with Crippen LogP contribution in [0.5, 0.6) is 0 Å². The van der Waals surface area contributed by atoms with E-state index in [-0.39, 0.29) is 25.5 Å². The lowest BCUT2D eigenvalue weighted by atomic mass is 10.1. The molecule has 0 radical (unpaired) electrons. The van der Waals surface area contributed by atoms with E-state index in [2.05, 4.69) is 10.3 Å². The van der Waals surface area contributed by atoms with Gasteiger partial charge in [-0.1, -0.05) is 47.4 Å². The minimum Gasteiger partial charge on any atom is -0.459 e. The minimum atomic E-state index is -0.979. The number of para-hydroxylation sites is 2. The van der Waals surface area contributed by atoms with Crippen LogP contribution in [0.4, 0.5) is 10.7 Å². The van der Waals surface area contributed by atoms with Crippen LogP contribution in [0.1, 0.15) is 39.2 Å². The van der Waals surface area contributed by atoms with E-state index in [1.807, 2.05) is 30.3 Å². The highest BCUT2D eigenvalue weighted by atomic mass is 16.6. The molecule has 0 saturated carbocycles. The van der Waals surface area contributed by atoms with Gasteiger partial charge < -0.3 is 24.9 Å². The number of rotatable bonds is 9. The number of ether oxygens (including phenoxy) is 2. The third kappa shape index (κ3) is 6.77. The Kier molecular flexibility index (Phi) is 7.83. The molecule has 1 N–H and O–H groups in total. The topological polar surface area (TPSA) is 126 Å². The zero-order chi connectivity index (χ0) is 24.7. The monoisotopic (exact) mass is 468 g/mol. The summed E-state index contributed by atoms with van der Waals surface area (Å²) in [5.74, 6) is -0.885. The molecule has 0 unspecified atom stereocenters. The van der Waals surface area contributed by atoms with Crippen LogP contribution < -0.4 is 5.32 Å². The summed E-state index contributed by atoms with van der Waals surface area (Å²) in [4.78, 5) is 40.1. The molecular weight excluding hydrogens is 440 g/mol. The van der Waals surface area contributed by atoms with E-state index in [0.717, 1.165) is 5.56 Å².